The fraction of sp³-hybridized carbons (Fsp3) is 0.333. The topological polar surface area (TPSA) is 95.9 Å². The summed E-state index contributed by atoms with van der Waals surface area (Å²) in [6.45, 7) is 5.12. The maximum absolute atomic E-state index is 12.5. The summed E-state index contributed by atoms with van der Waals surface area (Å²) in [6.07, 6.45) is -1.08. The van der Waals surface area contributed by atoms with Crippen LogP contribution in [-0.4, -0.2) is 28.7 Å². The number of anilines is 1. The van der Waals surface area contributed by atoms with Crippen molar-refractivity contribution in [2.45, 2.75) is 33.3 Å². The molecule has 2 aromatic rings. The number of ether oxygens (including phenoxy) is 1. The second-order valence-corrected chi connectivity index (χ2v) is 8.45. The lowest BCUT2D eigenvalue weighted by Gasteiger charge is -2.34. The zero-order valence-corrected chi connectivity index (χ0v) is 18.2. The molecule has 0 aliphatic heterocycles. The van der Waals surface area contributed by atoms with Gasteiger partial charge in [-0.05, 0) is 78.4 Å². The van der Waals surface area contributed by atoms with Gasteiger partial charge in [0.25, 0.3) is 0 Å². The number of aliphatic hydroxyl groups is 1. The summed E-state index contributed by atoms with van der Waals surface area (Å²) in [6, 6.07) is 11.6. The molecule has 0 unspecified atom stereocenters. The van der Waals surface area contributed by atoms with E-state index in [9.17, 15) is 19.8 Å². The van der Waals surface area contributed by atoms with Crippen molar-refractivity contribution >= 4 is 40.2 Å². The van der Waals surface area contributed by atoms with Gasteiger partial charge in [0.15, 0.2) is 5.78 Å². The van der Waals surface area contributed by atoms with Gasteiger partial charge in [-0.1, -0.05) is 13.8 Å². The van der Waals surface area contributed by atoms with E-state index in [1.54, 1.807) is 42.5 Å². The van der Waals surface area contributed by atoms with Crippen LogP contribution in [0.5, 0.6) is 5.75 Å². The molecule has 2 rings (SSSR count). The van der Waals surface area contributed by atoms with E-state index in [1.165, 1.54) is 6.92 Å². The van der Waals surface area contributed by atoms with Crippen molar-refractivity contribution in [1.82, 2.24) is 0 Å². The summed E-state index contributed by atoms with van der Waals surface area (Å²) in [5, 5.41) is 22.4. The van der Waals surface area contributed by atoms with Crippen LogP contribution in [-0.2, 0) is 4.74 Å². The number of aliphatic hydroxyl groups excluding tert-OH is 1. The third-order valence-electron chi connectivity index (χ3n) is 4.50. The van der Waals surface area contributed by atoms with E-state index in [1.807, 2.05) is 13.8 Å². The number of Topliss-reactive ketones (excluding diaryl/α,β-unsaturated/α-hetero) is 1. The smallest absolute Gasteiger partial charge is 0.412 e. The highest BCUT2D eigenvalue weighted by Crippen LogP contribution is 2.43. The third-order valence-corrected chi connectivity index (χ3v) is 5.17. The Morgan fingerprint density at radius 3 is 2.39 bits per heavy atom. The standard InChI is InChI=1S/C21H24INO5/c1-13(25)14-4-7-16(8-5-14)23-20(27)28-19(21(2,3)10-11-24)17-12-15(22)6-9-18(17)26/h4-9,12,19,24,26H,10-11H2,1-3H3,(H,23,27)/t19-/m1/s1. The maximum Gasteiger partial charge on any atom is 0.412 e. The van der Waals surface area contributed by atoms with Crippen molar-refractivity contribution < 1.29 is 24.5 Å². The third kappa shape index (κ3) is 5.68. The van der Waals surface area contributed by atoms with Crippen molar-refractivity contribution in [2.75, 3.05) is 11.9 Å². The van der Waals surface area contributed by atoms with Gasteiger partial charge in [0.1, 0.15) is 11.9 Å². The summed E-state index contributed by atoms with van der Waals surface area (Å²) < 4.78 is 6.57. The van der Waals surface area contributed by atoms with Crippen LogP contribution in [0, 0.1) is 8.99 Å². The average Bonchev–Trinajstić information content (AvgIpc) is 2.62. The molecular weight excluding hydrogens is 473 g/mol. The lowest BCUT2D eigenvalue weighted by Crippen LogP contribution is -2.30. The molecule has 0 saturated heterocycles. The number of phenols is 1. The van der Waals surface area contributed by atoms with Gasteiger partial charge in [0.2, 0.25) is 0 Å². The van der Waals surface area contributed by atoms with Gasteiger partial charge < -0.3 is 14.9 Å². The maximum atomic E-state index is 12.5. The Balaban J connectivity index is 2.25. The first kappa shape index (κ1) is 22.2. The molecule has 0 bridgehead atoms. The van der Waals surface area contributed by atoms with Crippen molar-refractivity contribution in [3.63, 3.8) is 0 Å². The lowest BCUT2D eigenvalue weighted by molar-refractivity contribution is 0.0138. The summed E-state index contributed by atoms with van der Waals surface area (Å²) >= 11 is 2.12. The minimum atomic E-state index is -0.772. The van der Waals surface area contributed by atoms with Crippen LogP contribution in [0.1, 0.15) is 49.2 Å². The van der Waals surface area contributed by atoms with Crippen molar-refractivity contribution in [3.8, 4) is 5.75 Å². The number of hydrogen-bond acceptors (Lipinski definition) is 5. The SMILES string of the molecule is CC(=O)c1ccc(NC(=O)O[C@H](c2cc(I)ccc2O)C(C)(C)CCO)cc1. The number of ketones is 1. The van der Waals surface area contributed by atoms with Crippen LogP contribution in [0.25, 0.3) is 0 Å². The molecule has 6 nitrogen and oxygen atoms in total. The summed E-state index contributed by atoms with van der Waals surface area (Å²) in [7, 11) is 0. The van der Waals surface area contributed by atoms with Gasteiger partial charge in [0.05, 0.1) is 0 Å². The molecule has 7 heteroatoms. The highest BCUT2D eigenvalue weighted by molar-refractivity contribution is 14.1. The minimum absolute atomic E-state index is 0.0232. The molecule has 0 aromatic heterocycles. The van der Waals surface area contributed by atoms with E-state index >= 15 is 0 Å². The molecule has 0 saturated carbocycles. The highest BCUT2D eigenvalue weighted by atomic mass is 127. The number of carbonyl (C=O) groups is 2. The van der Waals surface area contributed by atoms with E-state index in [4.69, 9.17) is 4.74 Å². The zero-order chi connectivity index (χ0) is 20.9. The first-order chi connectivity index (χ1) is 13.1. The van der Waals surface area contributed by atoms with Crippen molar-refractivity contribution in [1.29, 1.82) is 0 Å². The number of rotatable bonds is 7. The molecule has 1 amide bonds. The first-order valence-corrected chi connectivity index (χ1v) is 9.90. The molecule has 1 atom stereocenters. The average molecular weight is 497 g/mol. The highest BCUT2D eigenvalue weighted by Gasteiger charge is 2.35. The van der Waals surface area contributed by atoms with E-state index in [2.05, 4.69) is 27.9 Å². The van der Waals surface area contributed by atoms with Crippen LogP contribution in [0.2, 0.25) is 0 Å². The van der Waals surface area contributed by atoms with E-state index in [-0.39, 0.29) is 18.1 Å². The number of amides is 1. The van der Waals surface area contributed by atoms with Crippen LogP contribution in [0.15, 0.2) is 42.5 Å². The first-order valence-electron chi connectivity index (χ1n) is 8.82. The Kier molecular flexibility index (Phi) is 7.42. The van der Waals surface area contributed by atoms with Crippen LogP contribution in [0.3, 0.4) is 0 Å². The molecular formula is C21H24INO5. The Morgan fingerprint density at radius 2 is 1.82 bits per heavy atom. The van der Waals surface area contributed by atoms with Gasteiger partial charge in [-0.2, -0.15) is 0 Å². The molecule has 28 heavy (non-hydrogen) atoms. The largest absolute Gasteiger partial charge is 0.508 e. The predicted octanol–water partition coefficient (Wildman–Crippen LogP) is 4.90. The molecule has 0 aliphatic carbocycles. The van der Waals surface area contributed by atoms with Gasteiger partial charge in [-0.15, -0.1) is 0 Å². The van der Waals surface area contributed by atoms with Gasteiger partial charge in [-0.3, -0.25) is 10.1 Å². The Bertz CT molecular complexity index is 848. The predicted molar refractivity (Wildman–Crippen MR) is 116 cm³/mol. The van der Waals surface area contributed by atoms with Gasteiger partial charge >= 0.3 is 6.09 Å². The molecule has 3 N–H and O–H groups in total. The Hall–Kier alpha value is -2.13. The number of halogens is 1. The van der Waals surface area contributed by atoms with Crippen LogP contribution in [0.4, 0.5) is 10.5 Å². The van der Waals surface area contributed by atoms with E-state index in [0.29, 0.717) is 23.2 Å². The van der Waals surface area contributed by atoms with Crippen LogP contribution < -0.4 is 5.32 Å². The monoisotopic (exact) mass is 497 g/mol. The molecule has 0 radical (unpaired) electrons. The molecule has 0 fully saturated rings. The fourth-order valence-corrected chi connectivity index (χ4v) is 3.36. The molecule has 150 valence electrons. The number of hydrogen-bond donors (Lipinski definition) is 3. The normalized spacial score (nSPS) is 12.3. The van der Waals surface area contributed by atoms with Gasteiger partial charge in [-0.25, -0.2) is 4.79 Å². The van der Waals surface area contributed by atoms with Crippen molar-refractivity contribution in [2.24, 2.45) is 5.41 Å². The van der Waals surface area contributed by atoms with Gasteiger partial charge in [0, 0.05) is 32.4 Å². The van der Waals surface area contributed by atoms with Crippen LogP contribution >= 0.6 is 22.6 Å². The molecule has 0 aliphatic rings. The number of nitrogens with one attached hydrogen (secondary N) is 1. The number of carbonyl (C=O) groups excluding carboxylic acids is 2. The summed E-state index contributed by atoms with van der Waals surface area (Å²) in [5.74, 6) is -0.0378. The molecule has 0 spiro atoms. The quantitative estimate of drug-likeness (QED) is 0.374. The molecule has 2 aromatic carbocycles. The van der Waals surface area contributed by atoms with E-state index in [0.717, 1.165) is 3.57 Å². The zero-order valence-electron chi connectivity index (χ0n) is 16.0. The fourth-order valence-electron chi connectivity index (χ4n) is 2.84. The minimum Gasteiger partial charge on any atom is -0.508 e. The summed E-state index contributed by atoms with van der Waals surface area (Å²) in [4.78, 5) is 23.9. The summed E-state index contributed by atoms with van der Waals surface area (Å²) in [5.41, 5.74) is 0.893. The lowest BCUT2D eigenvalue weighted by atomic mass is 9.79. The molecule has 0 heterocycles. The number of phenolic OH excluding ortho intramolecular Hbond substituents is 1. The Morgan fingerprint density at radius 1 is 1.18 bits per heavy atom. The number of benzene rings is 2. The second kappa shape index (κ2) is 9.38. The second-order valence-electron chi connectivity index (χ2n) is 7.21. The van der Waals surface area contributed by atoms with Crippen molar-refractivity contribution in [3.05, 3.63) is 57.2 Å². The number of aromatic hydroxyl groups is 1. The Labute approximate surface area is 178 Å². The van der Waals surface area contributed by atoms with E-state index < -0.39 is 17.6 Å².